The summed E-state index contributed by atoms with van der Waals surface area (Å²) in [6.45, 7) is 1.90. The molecule has 2 aromatic rings. The van der Waals surface area contributed by atoms with Crippen LogP contribution in [0, 0.1) is 0 Å². The molecule has 6 heteroatoms. The molecule has 2 rings (SSSR count). The van der Waals surface area contributed by atoms with Gasteiger partial charge in [0.1, 0.15) is 5.75 Å². The van der Waals surface area contributed by atoms with Crippen LogP contribution in [0.3, 0.4) is 0 Å². The molecule has 0 saturated heterocycles. The molecule has 20 heavy (non-hydrogen) atoms. The summed E-state index contributed by atoms with van der Waals surface area (Å²) in [6.07, 6.45) is 0. The zero-order chi connectivity index (χ0) is 14.5. The van der Waals surface area contributed by atoms with Crippen LogP contribution in [-0.2, 0) is 0 Å². The molecule has 1 atom stereocenters. The van der Waals surface area contributed by atoms with Gasteiger partial charge in [-0.05, 0) is 46.6 Å². The molecule has 0 aliphatic carbocycles. The van der Waals surface area contributed by atoms with Crippen LogP contribution < -0.4 is 15.4 Å². The molecule has 1 heterocycles. The van der Waals surface area contributed by atoms with E-state index in [0.717, 1.165) is 11.3 Å². The van der Waals surface area contributed by atoms with E-state index in [2.05, 4.69) is 26.6 Å². The molecule has 2 N–H and O–H groups in total. The summed E-state index contributed by atoms with van der Waals surface area (Å²) in [5.74, 6) is 1.17. The second kappa shape index (κ2) is 6.47. The van der Waals surface area contributed by atoms with Crippen LogP contribution in [0.1, 0.15) is 18.5 Å². The van der Waals surface area contributed by atoms with Crippen LogP contribution >= 0.6 is 15.9 Å². The maximum absolute atomic E-state index is 11.8. The molecule has 0 spiro atoms. The summed E-state index contributed by atoms with van der Waals surface area (Å²) in [6, 6.07) is 10.5. The van der Waals surface area contributed by atoms with Gasteiger partial charge in [-0.25, -0.2) is 4.79 Å². The van der Waals surface area contributed by atoms with Crippen LogP contribution in [0.4, 0.5) is 10.7 Å². The second-order valence-corrected chi connectivity index (χ2v) is 4.98. The highest BCUT2D eigenvalue weighted by atomic mass is 79.9. The maximum Gasteiger partial charge on any atom is 0.322 e. The van der Waals surface area contributed by atoms with E-state index in [1.165, 1.54) is 0 Å². The van der Waals surface area contributed by atoms with E-state index in [0.29, 0.717) is 10.6 Å². The number of hydrogen-bond acceptors (Lipinski definition) is 3. The highest BCUT2D eigenvalue weighted by molar-refractivity contribution is 9.10. The number of amides is 2. The Morgan fingerprint density at radius 2 is 1.95 bits per heavy atom. The molecule has 0 radical (unpaired) electrons. The molecule has 0 aliphatic rings. The fourth-order valence-corrected chi connectivity index (χ4v) is 2.01. The fourth-order valence-electron chi connectivity index (χ4n) is 1.70. The molecule has 0 bridgehead atoms. The van der Waals surface area contributed by atoms with Crippen molar-refractivity contribution in [2.24, 2.45) is 0 Å². The van der Waals surface area contributed by atoms with E-state index in [4.69, 9.17) is 9.15 Å². The lowest BCUT2D eigenvalue weighted by Gasteiger charge is -2.14. The zero-order valence-corrected chi connectivity index (χ0v) is 12.7. The minimum Gasteiger partial charge on any atom is -0.497 e. The van der Waals surface area contributed by atoms with Crippen LogP contribution in [0.2, 0.25) is 0 Å². The number of benzene rings is 1. The molecule has 5 nitrogen and oxygen atoms in total. The van der Waals surface area contributed by atoms with Crippen molar-refractivity contribution in [3.05, 3.63) is 46.6 Å². The predicted octanol–water partition coefficient (Wildman–Crippen LogP) is 3.93. The quantitative estimate of drug-likeness (QED) is 0.887. The number of urea groups is 1. The third kappa shape index (κ3) is 3.77. The van der Waals surface area contributed by atoms with Crippen LogP contribution in [0.5, 0.6) is 5.75 Å². The third-order valence-corrected chi connectivity index (χ3v) is 3.20. The number of hydrogen-bond donors (Lipinski definition) is 2. The Morgan fingerprint density at radius 1 is 1.25 bits per heavy atom. The highest BCUT2D eigenvalue weighted by Crippen LogP contribution is 2.19. The number of furan rings is 1. The number of halogens is 1. The minimum atomic E-state index is -0.324. The van der Waals surface area contributed by atoms with E-state index in [1.54, 1.807) is 19.2 Å². The summed E-state index contributed by atoms with van der Waals surface area (Å²) in [4.78, 5) is 11.8. The van der Waals surface area contributed by atoms with Gasteiger partial charge in [-0.1, -0.05) is 12.1 Å². The van der Waals surface area contributed by atoms with Crippen LogP contribution in [0.25, 0.3) is 0 Å². The number of ether oxygens (including phenoxy) is 1. The molecule has 106 valence electrons. The van der Waals surface area contributed by atoms with Gasteiger partial charge >= 0.3 is 6.03 Å². The normalized spacial score (nSPS) is 11.8. The first kappa shape index (κ1) is 14.5. The Morgan fingerprint density at radius 3 is 2.50 bits per heavy atom. The van der Waals surface area contributed by atoms with Crippen molar-refractivity contribution in [1.29, 1.82) is 0 Å². The van der Waals surface area contributed by atoms with Gasteiger partial charge < -0.3 is 14.5 Å². The Balaban J connectivity index is 1.92. The maximum atomic E-state index is 11.8. The van der Waals surface area contributed by atoms with Gasteiger partial charge in [0.15, 0.2) is 4.67 Å². The highest BCUT2D eigenvalue weighted by Gasteiger charge is 2.11. The lowest BCUT2D eigenvalue weighted by molar-refractivity contribution is 0.248. The molecule has 0 fully saturated rings. The zero-order valence-electron chi connectivity index (χ0n) is 11.1. The minimum absolute atomic E-state index is 0.126. The smallest absolute Gasteiger partial charge is 0.322 e. The summed E-state index contributed by atoms with van der Waals surface area (Å²) in [7, 11) is 1.62. The SMILES string of the molecule is COc1ccc(C(C)NC(=O)Nc2ccc(Br)o2)cc1. The lowest BCUT2D eigenvalue weighted by Crippen LogP contribution is -2.30. The number of nitrogens with one attached hydrogen (secondary N) is 2. The second-order valence-electron chi connectivity index (χ2n) is 4.20. The topological polar surface area (TPSA) is 63.5 Å². The Bertz CT molecular complexity index is 580. The van der Waals surface area contributed by atoms with Crippen molar-refractivity contribution >= 4 is 27.8 Å². The van der Waals surface area contributed by atoms with Crippen molar-refractivity contribution in [2.75, 3.05) is 12.4 Å². The molecule has 2 amide bonds. The monoisotopic (exact) mass is 338 g/mol. The summed E-state index contributed by atoms with van der Waals surface area (Å²) in [5, 5.41) is 5.44. The molecule has 1 aromatic carbocycles. The average molecular weight is 339 g/mol. The third-order valence-electron chi connectivity index (χ3n) is 2.77. The van der Waals surface area contributed by atoms with Gasteiger partial charge in [-0.15, -0.1) is 0 Å². The van der Waals surface area contributed by atoms with Crippen molar-refractivity contribution < 1.29 is 13.9 Å². The largest absolute Gasteiger partial charge is 0.497 e. The van der Waals surface area contributed by atoms with E-state index < -0.39 is 0 Å². The first-order valence-electron chi connectivity index (χ1n) is 6.05. The molecular weight excluding hydrogens is 324 g/mol. The molecular formula is C14H15BrN2O3. The van der Waals surface area contributed by atoms with E-state index in [-0.39, 0.29) is 12.1 Å². The molecule has 0 saturated carbocycles. The summed E-state index contributed by atoms with van der Waals surface area (Å²) < 4.78 is 10.9. The number of anilines is 1. The van der Waals surface area contributed by atoms with Gasteiger partial charge in [0.25, 0.3) is 0 Å². The van der Waals surface area contributed by atoms with Gasteiger partial charge in [-0.3, -0.25) is 5.32 Å². The molecule has 1 aromatic heterocycles. The Kier molecular flexibility index (Phi) is 4.68. The van der Waals surface area contributed by atoms with E-state index in [1.807, 2.05) is 31.2 Å². The summed E-state index contributed by atoms with van der Waals surface area (Å²) in [5.41, 5.74) is 0.988. The van der Waals surface area contributed by atoms with Crippen LogP contribution in [0.15, 0.2) is 45.5 Å². The first-order valence-corrected chi connectivity index (χ1v) is 6.84. The molecule has 1 unspecified atom stereocenters. The lowest BCUT2D eigenvalue weighted by atomic mass is 10.1. The van der Waals surface area contributed by atoms with E-state index in [9.17, 15) is 4.79 Å². The molecule has 0 aliphatic heterocycles. The van der Waals surface area contributed by atoms with Gasteiger partial charge in [0.05, 0.1) is 13.2 Å². The first-order chi connectivity index (χ1) is 9.58. The van der Waals surface area contributed by atoms with E-state index >= 15 is 0 Å². The van der Waals surface area contributed by atoms with Crippen molar-refractivity contribution in [1.82, 2.24) is 5.32 Å². The van der Waals surface area contributed by atoms with Crippen molar-refractivity contribution in [3.8, 4) is 5.75 Å². The standard InChI is InChI=1S/C14H15BrN2O3/c1-9(10-3-5-11(19-2)6-4-10)16-14(18)17-13-8-7-12(15)20-13/h3-9H,1-2H3,(H2,16,17,18). The van der Waals surface area contributed by atoms with Crippen molar-refractivity contribution in [3.63, 3.8) is 0 Å². The number of carbonyl (C=O) groups is 1. The van der Waals surface area contributed by atoms with Gasteiger partial charge in [0.2, 0.25) is 5.88 Å². The average Bonchev–Trinajstić information content (AvgIpc) is 2.84. The van der Waals surface area contributed by atoms with Gasteiger partial charge in [-0.2, -0.15) is 0 Å². The number of methoxy groups -OCH3 is 1. The fraction of sp³-hybridized carbons (Fsp3) is 0.214. The number of carbonyl (C=O) groups excluding carboxylic acids is 1. The Labute approximate surface area is 125 Å². The number of rotatable bonds is 4. The summed E-state index contributed by atoms with van der Waals surface area (Å²) >= 11 is 3.17. The van der Waals surface area contributed by atoms with Crippen molar-refractivity contribution in [2.45, 2.75) is 13.0 Å². The Hall–Kier alpha value is -1.95. The van der Waals surface area contributed by atoms with Gasteiger partial charge in [0, 0.05) is 6.07 Å². The predicted molar refractivity (Wildman–Crippen MR) is 80.0 cm³/mol. The van der Waals surface area contributed by atoms with Crippen LogP contribution in [-0.4, -0.2) is 13.1 Å².